The fraction of sp³-hybridized carbons (Fsp3) is 0.0526. The maximum absolute atomic E-state index is 5.93. The monoisotopic (exact) mass is 343 g/mol. The van der Waals surface area contributed by atoms with Gasteiger partial charge in [-0.1, -0.05) is 36.4 Å². The van der Waals surface area contributed by atoms with Crippen molar-refractivity contribution in [1.29, 1.82) is 0 Å². The third-order valence-corrected chi connectivity index (χ3v) is 3.96. The fourth-order valence-electron chi connectivity index (χ4n) is 2.77. The van der Waals surface area contributed by atoms with Crippen molar-refractivity contribution in [3.63, 3.8) is 0 Å². The van der Waals surface area contributed by atoms with Gasteiger partial charge in [-0.05, 0) is 24.3 Å². The second-order valence-corrected chi connectivity index (χ2v) is 5.76. The molecule has 2 aromatic heterocycles. The molecule has 0 aliphatic rings. The van der Waals surface area contributed by atoms with Gasteiger partial charge in [0.1, 0.15) is 0 Å². The average molecular weight is 343 g/mol. The largest absolute Gasteiger partial charge is 0.382 e. The molecule has 0 aliphatic carbocycles. The van der Waals surface area contributed by atoms with Gasteiger partial charge < -0.3 is 16.4 Å². The summed E-state index contributed by atoms with van der Waals surface area (Å²) in [6, 6.07) is 20.2. The van der Waals surface area contributed by atoms with Crippen LogP contribution in [0.4, 0.5) is 23.1 Å². The predicted octanol–water partition coefficient (Wildman–Crippen LogP) is 2.92. The smallest absolute Gasteiger partial charge is 0.224 e. The van der Waals surface area contributed by atoms with Gasteiger partial charge in [0.15, 0.2) is 17.0 Å². The van der Waals surface area contributed by atoms with E-state index in [1.165, 1.54) is 0 Å². The molecule has 0 unspecified atom stereocenters. The number of benzene rings is 2. The molecule has 0 radical (unpaired) electrons. The number of para-hydroxylation sites is 2. The predicted molar refractivity (Wildman–Crippen MR) is 103 cm³/mol. The van der Waals surface area contributed by atoms with Gasteiger partial charge >= 0.3 is 0 Å². The van der Waals surface area contributed by atoms with Gasteiger partial charge in [0.2, 0.25) is 5.95 Å². The highest BCUT2D eigenvalue weighted by Gasteiger charge is 2.13. The molecule has 26 heavy (non-hydrogen) atoms. The Morgan fingerprint density at radius 2 is 1.38 bits per heavy atom. The highest BCUT2D eigenvalue weighted by atomic mass is 15.2. The lowest BCUT2D eigenvalue weighted by atomic mass is 10.2. The van der Waals surface area contributed by atoms with Crippen LogP contribution in [0.1, 0.15) is 5.69 Å². The number of hydrogen-bond acceptors (Lipinski definition) is 7. The minimum atomic E-state index is 0.0900. The van der Waals surface area contributed by atoms with Crippen LogP contribution in [0.5, 0.6) is 0 Å². The Labute approximate surface area is 150 Å². The zero-order valence-corrected chi connectivity index (χ0v) is 13.9. The lowest BCUT2D eigenvalue weighted by Crippen LogP contribution is -2.17. The van der Waals surface area contributed by atoms with Gasteiger partial charge in [0, 0.05) is 11.4 Å². The van der Waals surface area contributed by atoms with Gasteiger partial charge in [0.05, 0.1) is 18.4 Å². The Bertz CT molecular complexity index is 996. The lowest BCUT2D eigenvalue weighted by molar-refractivity contribution is 0.922. The molecule has 0 amide bonds. The topological polar surface area (TPSA) is 107 Å². The van der Waals surface area contributed by atoms with E-state index in [4.69, 9.17) is 11.5 Å². The maximum atomic E-state index is 5.93. The number of nitrogens with two attached hydrogens (primary N) is 2. The molecule has 0 atom stereocenters. The van der Waals surface area contributed by atoms with Crippen molar-refractivity contribution in [3.05, 3.63) is 72.6 Å². The number of aromatic nitrogens is 4. The summed E-state index contributed by atoms with van der Waals surface area (Å²) in [5.74, 6) is 0.320. The molecule has 4 N–H and O–H groups in total. The third kappa shape index (κ3) is 3.10. The van der Waals surface area contributed by atoms with E-state index in [0.29, 0.717) is 17.7 Å². The molecule has 7 nitrogen and oxygen atoms in total. The molecule has 2 heterocycles. The Morgan fingerprint density at radius 1 is 0.769 bits per heavy atom. The Hall–Kier alpha value is -3.74. The second-order valence-electron chi connectivity index (χ2n) is 5.76. The highest BCUT2D eigenvalue weighted by molar-refractivity contribution is 5.81. The van der Waals surface area contributed by atoms with Crippen LogP contribution >= 0.6 is 0 Å². The minimum absolute atomic E-state index is 0.0900. The standard InChI is InChI=1S/C19H17N7/c20-17-16-18(25-19(21)24-17)22-11-13(23-16)12-26(14-7-3-1-4-8-14)15-9-5-2-6-10-15/h1-11H,12H2,(H4,20,21,22,24,25). The molecule has 0 saturated carbocycles. The van der Waals surface area contributed by atoms with Crippen molar-refractivity contribution in [3.8, 4) is 0 Å². The molecule has 0 fully saturated rings. The van der Waals surface area contributed by atoms with Crippen molar-refractivity contribution < 1.29 is 0 Å². The molecule has 0 bridgehead atoms. The van der Waals surface area contributed by atoms with Crippen LogP contribution in [-0.2, 0) is 6.54 Å². The number of fused-ring (bicyclic) bond motifs is 1. The van der Waals surface area contributed by atoms with Gasteiger partial charge in [-0.2, -0.15) is 9.97 Å². The average Bonchev–Trinajstić information content (AvgIpc) is 2.68. The summed E-state index contributed by atoms with van der Waals surface area (Å²) in [4.78, 5) is 19.1. The zero-order valence-electron chi connectivity index (χ0n) is 13.9. The quantitative estimate of drug-likeness (QED) is 0.586. The van der Waals surface area contributed by atoms with E-state index in [-0.39, 0.29) is 11.8 Å². The minimum Gasteiger partial charge on any atom is -0.382 e. The van der Waals surface area contributed by atoms with Crippen LogP contribution in [0, 0.1) is 0 Å². The zero-order chi connectivity index (χ0) is 17.9. The molecule has 0 saturated heterocycles. The SMILES string of the molecule is Nc1nc(N)c2nc(CN(c3ccccc3)c3ccccc3)cnc2n1. The number of nitrogens with zero attached hydrogens (tertiary/aromatic N) is 5. The maximum Gasteiger partial charge on any atom is 0.224 e. The number of nitrogen functional groups attached to an aromatic ring is 2. The molecule has 7 heteroatoms. The molecule has 4 rings (SSSR count). The fourth-order valence-corrected chi connectivity index (χ4v) is 2.77. The summed E-state index contributed by atoms with van der Waals surface area (Å²) in [5.41, 5.74) is 15.3. The van der Waals surface area contributed by atoms with Crippen molar-refractivity contribution in [2.75, 3.05) is 16.4 Å². The number of hydrogen-bond donors (Lipinski definition) is 2. The van der Waals surface area contributed by atoms with E-state index in [9.17, 15) is 0 Å². The Morgan fingerprint density at radius 3 is 2.00 bits per heavy atom. The molecular formula is C19H17N7. The van der Waals surface area contributed by atoms with Crippen LogP contribution in [0.2, 0.25) is 0 Å². The first kappa shape index (κ1) is 15.8. The number of rotatable bonds is 4. The van der Waals surface area contributed by atoms with E-state index in [1.54, 1.807) is 6.20 Å². The van der Waals surface area contributed by atoms with E-state index < -0.39 is 0 Å². The van der Waals surface area contributed by atoms with Crippen LogP contribution in [0.15, 0.2) is 66.9 Å². The summed E-state index contributed by atoms with van der Waals surface area (Å²) < 4.78 is 0. The molecule has 0 aliphatic heterocycles. The molecule has 0 spiro atoms. The molecule has 128 valence electrons. The Balaban J connectivity index is 1.75. The van der Waals surface area contributed by atoms with E-state index in [2.05, 4.69) is 49.1 Å². The van der Waals surface area contributed by atoms with Gasteiger partial charge in [-0.15, -0.1) is 0 Å². The van der Waals surface area contributed by atoms with Crippen molar-refractivity contribution in [1.82, 2.24) is 19.9 Å². The Kier molecular flexibility index (Phi) is 4.03. The van der Waals surface area contributed by atoms with E-state index >= 15 is 0 Å². The summed E-state index contributed by atoms with van der Waals surface area (Å²) in [5, 5.41) is 0. The van der Waals surface area contributed by atoms with Crippen molar-refractivity contribution >= 4 is 34.3 Å². The van der Waals surface area contributed by atoms with Gasteiger partial charge in [0.25, 0.3) is 0 Å². The first-order chi connectivity index (χ1) is 12.7. The second kappa shape index (κ2) is 6.64. The summed E-state index contributed by atoms with van der Waals surface area (Å²) in [7, 11) is 0. The van der Waals surface area contributed by atoms with Crippen molar-refractivity contribution in [2.24, 2.45) is 0 Å². The van der Waals surface area contributed by atoms with Crippen molar-refractivity contribution in [2.45, 2.75) is 6.54 Å². The summed E-state index contributed by atoms with van der Waals surface area (Å²) >= 11 is 0. The lowest BCUT2D eigenvalue weighted by Gasteiger charge is -2.24. The first-order valence-corrected chi connectivity index (χ1v) is 8.13. The summed E-state index contributed by atoms with van der Waals surface area (Å²) in [6.45, 7) is 0.529. The van der Waals surface area contributed by atoms with Crippen LogP contribution in [-0.4, -0.2) is 19.9 Å². The van der Waals surface area contributed by atoms with Crippen LogP contribution in [0.3, 0.4) is 0 Å². The van der Waals surface area contributed by atoms with Crippen LogP contribution < -0.4 is 16.4 Å². The molecule has 4 aromatic rings. The van der Waals surface area contributed by atoms with Crippen LogP contribution in [0.25, 0.3) is 11.2 Å². The number of anilines is 4. The summed E-state index contributed by atoms with van der Waals surface area (Å²) in [6.07, 6.45) is 1.69. The highest BCUT2D eigenvalue weighted by Crippen LogP contribution is 2.27. The van der Waals surface area contributed by atoms with Gasteiger partial charge in [-0.3, -0.25) is 0 Å². The third-order valence-electron chi connectivity index (χ3n) is 3.96. The van der Waals surface area contributed by atoms with Gasteiger partial charge in [-0.25, -0.2) is 9.97 Å². The first-order valence-electron chi connectivity index (χ1n) is 8.13. The normalized spacial score (nSPS) is 10.8. The van der Waals surface area contributed by atoms with E-state index in [1.807, 2.05) is 36.4 Å². The molecular weight excluding hydrogens is 326 g/mol. The van der Waals surface area contributed by atoms with E-state index in [0.717, 1.165) is 17.1 Å². The molecule has 2 aromatic carbocycles.